The number of nitrogens with zero attached hydrogens (tertiary/aromatic N) is 2. The van der Waals surface area contributed by atoms with Crippen molar-refractivity contribution in [3.05, 3.63) is 146 Å². The minimum atomic E-state index is 0.726. The first-order valence-electron chi connectivity index (χ1n) is 14.3. The molecule has 6 heteroatoms. The van der Waals surface area contributed by atoms with Gasteiger partial charge in [0.25, 0.3) is 0 Å². The second kappa shape index (κ2) is 12.5. The maximum atomic E-state index is 5.99. The average Bonchev–Trinajstić information content (AvgIpc) is 3.08. The van der Waals surface area contributed by atoms with Gasteiger partial charge in [-0.15, -0.1) is 0 Å². The fourth-order valence-corrected chi connectivity index (χ4v) is 5.21. The molecule has 0 aromatic heterocycles. The molecule has 0 aliphatic heterocycles. The molecule has 0 saturated carbocycles. The lowest BCUT2D eigenvalue weighted by molar-refractivity contribution is 0.414. The standard InChI is InChI=1S/C38H34N4O2/c1-43-37-23-19-35(20-24-37)41(33-15-7-29(39)8-16-33)31-11-3-27(4-12-31)28-5-13-32(14-6-28)42(34-17-9-30(40)10-18-34)36-21-25-38(44-2)26-22-36/h3-26H,39-40H2,1-2H3. The molecule has 44 heavy (non-hydrogen) atoms. The van der Waals surface area contributed by atoms with Crippen LogP contribution in [0.25, 0.3) is 11.1 Å². The van der Waals surface area contributed by atoms with Crippen molar-refractivity contribution in [3.8, 4) is 22.6 Å². The second-order valence-corrected chi connectivity index (χ2v) is 10.3. The quantitative estimate of drug-likeness (QED) is 0.166. The molecule has 6 rings (SSSR count). The van der Waals surface area contributed by atoms with Gasteiger partial charge in [0.05, 0.1) is 14.2 Å². The van der Waals surface area contributed by atoms with Gasteiger partial charge in [0.15, 0.2) is 0 Å². The molecule has 0 heterocycles. The number of anilines is 8. The molecule has 0 amide bonds. The molecule has 6 aromatic carbocycles. The molecule has 4 N–H and O–H groups in total. The maximum Gasteiger partial charge on any atom is 0.119 e. The highest BCUT2D eigenvalue weighted by molar-refractivity contribution is 5.81. The molecule has 0 radical (unpaired) electrons. The zero-order valence-electron chi connectivity index (χ0n) is 24.7. The van der Waals surface area contributed by atoms with Gasteiger partial charge in [-0.1, -0.05) is 24.3 Å². The summed E-state index contributed by atoms with van der Waals surface area (Å²) in [5, 5.41) is 0. The van der Waals surface area contributed by atoms with E-state index in [2.05, 4.69) is 82.6 Å². The Morgan fingerprint density at radius 2 is 0.568 bits per heavy atom. The predicted molar refractivity (Wildman–Crippen MR) is 183 cm³/mol. The summed E-state index contributed by atoms with van der Waals surface area (Å²) in [5.41, 5.74) is 21.8. The van der Waals surface area contributed by atoms with Gasteiger partial charge >= 0.3 is 0 Å². The van der Waals surface area contributed by atoms with Crippen LogP contribution in [-0.4, -0.2) is 14.2 Å². The second-order valence-electron chi connectivity index (χ2n) is 10.3. The first-order valence-corrected chi connectivity index (χ1v) is 14.3. The normalized spacial score (nSPS) is 10.7. The van der Waals surface area contributed by atoms with E-state index < -0.39 is 0 Å². The van der Waals surface area contributed by atoms with Gasteiger partial charge in [0.1, 0.15) is 11.5 Å². The largest absolute Gasteiger partial charge is 0.497 e. The van der Waals surface area contributed by atoms with Crippen LogP contribution in [0, 0.1) is 0 Å². The molecule has 0 atom stereocenters. The third kappa shape index (κ3) is 6.01. The highest BCUT2D eigenvalue weighted by Gasteiger charge is 2.15. The Labute approximate surface area is 258 Å². The summed E-state index contributed by atoms with van der Waals surface area (Å²) in [6.07, 6.45) is 0. The predicted octanol–water partition coefficient (Wildman–Crippen LogP) is 9.47. The first kappa shape index (κ1) is 28.2. The molecule has 0 unspecified atom stereocenters. The lowest BCUT2D eigenvalue weighted by Gasteiger charge is -2.26. The minimum Gasteiger partial charge on any atom is -0.497 e. The van der Waals surface area contributed by atoms with Gasteiger partial charge in [0.2, 0.25) is 0 Å². The summed E-state index contributed by atoms with van der Waals surface area (Å²) in [4.78, 5) is 4.40. The summed E-state index contributed by atoms with van der Waals surface area (Å²) in [6, 6.07) is 49.0. The van der Waals surface area contributed by atoms with Gasteiger partial charge in [-0.25, -0.2) is 0 Å². The summed E-state index contributed by atoms with van der Waals surface area (Å²) in [7, 11) is 3.35. The molecule has 0 saturated heterocycles. The fourth-order valence-electron chi connectivity index (χ4n) is 5.21. The SMILES string of the molecule is COc1ccc(N(c2ccc(N)cc2)c2ccc(-c3ccc(N(c4ccc(N)cc4)c4ccc(OC)cc4)cc3)cc2)cc1. The maximum absolute atomic E-state index is 5.99. The Morgan fingerprint density at radius 3 is 0.818 bits per heavy atom. The van der Waals surface area contributed by atoms with Crippen LogP contribution in [0.4, 0.5) is 45.5 Å². The van der Waals surface area contributed by atoms with Crippen molar-refractivity contribution >= 4 is 45.5 Å². The number of ether oxygens (including phenoxy) is 2. The van der Waals surface area contributed by atoms with Crippen LogP contribution in [0.15, 0.2) is 146 Å². The first-order chi connectivity index (χ1) is 21.5. The fraction of sp³-hybridized carbons (Fsp3) is 0.0526. The third-order valence-corrected chi connectivity index (χ3v) is 7.55. The van der Waals surface area contributed by atoms with E-state index in [1.54, 1.807) is 14.2 Å². The summed E-state index contributed by atoms with van der Waals surface area (Å²) in [6.45, 7) is 0. The number of rotatable bonds is 9. The van der Waals surface area contributed by atoms with Crippen LogP contribution in [0.3, 0.4) is 0 Å². The van der Waals surface area contributed by atoms with E-state index in [-0.39, 0.29) is 0 Å². The number of hydrogen-bond acceptors (Lipinski definition) is 6. The molecule has 0 spiro atoms. The van der Waals surface area contributed by atoms with Crippen LogP contribution in [0.5, 0.6) is 11.5 Å². The number of benzene rings is 6. The van der Waals surface area contributed by atoms with Crippen molar-refractivity contribution in [2.45, 2.75) is 0 Å². The zero-order chi connectivity index (χ0) is 30.5. The highest BCUT2D eigenvalue weighted by Crippen LogP contribution is 2.39. The van der Waals surface area contributed by atoms with Crippen molar-refractivity contribution in [1.29, 1.82) is 0 Å². The molecule has 6 aromatic rings. The number of nitrogens with two attached hydrogens (primary N) is 2. The Kier molecular flexibility index (Phi) is 8.06. The van der Waals surface area contributed by atoms with Crippen LogP contribution in [-0.2, 0) is 0 Å². The smallest absolute Gasteiger partial charge is 0.119 e. The summed E-state index contributed by atoms with van der Waals surface area (Å²) in [5.74, 6) is 1.62. The van der Waals surface area contributed by atoms with E-state index in [0.717, 1.165) is 68.1 Å². The molecule has 218 valence electrons. The Hall–Kier alpha value is -5.88. The van der Waals surface area contributed by atoms with Crippen molar-refractivity contribution in [1.82, 2.24) is 0 Å². The molecular weight excluding hydrogens is 544 g/mol. The van der Waals surface area contributed by atoms with E-state index in [1.807, 2.05) is 72.8 Å². The van der Waals surface area contributed by atoms with Gasteiger partial charge in [-0.3, -0.25) is 0 Å². The molecule has 6 nitrogen and oxygen atoms in total. The lowest BCUT2D eigenvalue weighted by atomic mass is 10.0. The van der Waals surface area contributed by atoms with Crippen molar-refractivity contribution in [2.24, 2.45) is 0 Å². The topological polar surface area (TPSA) is 77.0 Å². The number of hydrogen-bond donors (Lipinski definition) is 2. The monoisotopic (exact) mass is 578 g/mol. The van der Waals surface area contributed by atoms with Crippen LogP contribution in [0.2, 0.25) is 0 Å². The van der Waals surface area contributed by atoms with E-state index >= 15 is 0 Å². The third-order valence-electron chi connectivity index (χ3n) is 7.55. The van der Waals surface area contributed by atoms with Crippen LogP contribution >= 0.6 is 0 Å². The molecule has 0 fully saturated rings. The van der Waals surface area contributed by atoms with Crippen molar-refractivity contribution < 1.29 is 9.47 Å². The average molecular weight is 579 g/mol. The van der Waals surface area contributed by atoms with Crippen LogP contribution in [0.1, 0.15) is 0 Å². The van der Waals surface area contributed by atoms with E-state index in [1.165, 1.54) is 0 Å². The van der Waals surface area contributed by atoms with Crippen molar-refractivity contribution in [2.75, 3.05) is 35.5 Å². The zero-order valence-corrected chi connectivity index (χ0v) is 24.7. The number of methoxy groups -OCH3 is 2. The summed E-state index contributed by atoms with van der Waals surface area (Å²) < 4.78 is 10.8. The summed E-state index contributed by atoms with van der Waals surface area (Å²) >= 11 is 0. The van der Waals surface area contributed by atoms with Gasteiger partial charge in [-0.05, 0) is 132 Å². The van der Waals surface area contributed by atoms with Gasteiger partial charge in [-0.2, -0.15) is 0 Å². The Balaban J connectivity index is 1.31. The Bertz CT molecular complexity index is 1660. The highest BCUT2D eigenvalue weighted by atomic mass is 16.5. The molecule has 0 aliphatic rings. The van der Waals surface area contributed by atoms with Gasteiger partial charge in [0, 0.05) is 45.5 Å². The number of nitrogen functional groups attached to an aromatic ring is 2. The Morgan fingerprint density at radius 1 is 0.341 bits per heavy atom. The lowest BCUT2D eigenvalue weighted by Crippen LogP contribution is -2.10. The molecule has 0 aliphatic carbocycles. The van der Waals surface area contributed by atoms with E-state index in [4.69, 9.17) is 20.9 Å². The van der Waals surface area contributed by atoms with E-state index in [9.17, 15) is 0 Å². The van der Waals surface area contributed by atoms with Crippen LogP contribution < -0.4 is 30.7 Å². The van der Waals surface area contributed by atoms with E-state index in [0.29, 0.717) is 0 Å². The van der Waals surface area contributed by atoms with Gasteiger partial charge < -0.3 is 30.7 Å². The molecule has 0 bridgehead atoms. The minimum absolute atomic E-state index is 0.726. The van der Waals surface area contributed by atoms with Crippen molar-refractivity contribution in [3.63, 3.8) is 0 Å². The molecular formula is C38H34N4O2.